The zero-order valence-corrected chi connectivity index (χ0v) is 11.1. The Morgan fingerprint density at radius 2 is 2.12 bits per heavy atom. The van der Waals surface area contributed by atoms with Gasteiger partial charge in [-0.3, -0.25) is 0 Å². The molecule has 1 fully saturated rings. The summed E-state index contributed by atoms with van der Waals surface area (Å²) in [6.45, 7) is 2.07. The molecular weight excluding hydrogens is 260 g/mol. The van der Waals surface area contributed by atoms with Gasteiger partial charge in [0.2, 0.25) is 10.0 Å². The van der Waals surface area contributed by atoms with Crippen LogP contribution in [-0.4, -0.2) is 14.5 Å². The summed E-state index contributed by atoms with van der Waals surface area (Å²) in [5.74, 6) is 0.657. The van der Waals surface area contributed by atoms with Gasteiger partial charge in [0, 0.05) is 6.04 Å². The number of rotatable bonds is 4. The van der Waals surface area contributed by atoms with Gasteiger partial charge < -0.3 is 5.32 Å². The Morgan fingerprint density at radius 1 is 1.47 bits per heavy atom. The molecular formula is C11H15ClN2O2S. The van der Waals surface area contributed by atoms with E-state index in [0.717, 1.165) is 0 Å². The zero-order chi connectivity index (χ0) is 12.6. The van der Waals surface area contributed by atoms with Crippen molar-refractivity contribution in [2.45, 2.75) is 30.7 Å². The van der Waals surface area contributed by atoms with Gasteiger partial charge in [0.25, 0.3) is 0 Å². The predicted molar refractivity (Wildman–Crippen MR) is 68.6 cm³/mol. The molecule has 1 unspecified atom stereocenters. The monoisotopic (exact) mass is 274 g/mol. The van der Waals surface area contributed by atoms with Crippen LogP contribution < -0.4 is 10.5 Å². The molecule has 17 heavy (non-hydrogen) atoms. The lowest BCUT2D eigenvalue weighted by molar-refractivity contribution is 0.597. The first-order valence-electron chi connectivity index (χ1n) is 5.47. The smallest absolute Gasteiger partial charge is 0.238 e. The quantitative estimate of drug-likeness (QED) is 0.884. The van der Waals surface area contributed by atoms with Gasteiger partial charge in [-0.15, -0.1) is 0 Å². The number of hydrogen-bond donors (Lipinski definition) is 2. The molecule has 1 aromatic rings. The maximum Gasteiger partial charge on any atom is 0.238 e. The molecule has 0 spiro atoms. The summed E-state index contributed by atoms with van der Waals surface area (Å²) in [7, 11) is -3.68. The van der Waals surface area contributed by atoms with E-state index < -0.39 is 10.0 Å². The maximum atomic E-state index is 11.2. The van der Waals surface area contributed by atoms with Gasteiger partial charge in [-0.05, 0) is 43.9 Å². The fraction of sp³-hybridized carbons (Fsp3) is 0.455. The highest BCUT2D eigenvalue weighted by Gasteiger charge is 2.28. The standard InChI is InChI=1S/C11H15ClN2O2S/c1-7(8-2-3-8)14-11-6-9(17(13,15)16)4-5-10(11)12/h4-8,14H,2-3H2,1H3,(H2,13,15,16). The Hall–Kier alpha value is -0.780. The van der Waals surface area contributed by atoms with E-state index in [1.807, 2.05) is 0 Å². The molecule has 1 aromatic carbocycles. The number of anilines is 1. The molecule has 2 rings (SSSR count). The summed E-state index contributed by atoms with van der Waals surface area (Å²) >= 11 is 6.02. The third-order valence-corrected chi connectivity index (χ3v) is 4.22. The first kappa shape index (κ1) is 12.7. The van der Waals surface area contributed by atoms with Crippen LogP contribution in [-0.2, 0) is 10.0 Å². The SMILES string of the molecule is CC(Nc1cc(S(N)(=O)=O)ccc1Cl)C1CC1. The van der Waals surface area contributed by atoms with E-state index in [-0.39, 0.29) is 4.90 Å². The molecule has 0 aromatic heterocycles. The van der Waals surface area contributed by atoms with Crippen molar-refractivity contribution in [3.05, 3.63) is 23.2 Å². The largest absolute Gasteiger partial charge is 0.381 e. The molecule has 0 saturated heterocycles. The van der Waals surface area contributed by atoms with Crippen molar-refractivity contribution in [2.24, 2.45) is 11.1 Å². The van der Waals surface area contributed by atoms with Crippen molar-refractivity contribution in [2.75, 3.05) is 5.32 Å². The van der Waals surface area contributed by atoms with E-state index in [0.29, 0.717) is 22.7 Å². The minimum absolute atomic E-state index is 0.0763. The van der Waals surface area contributed by atoms with Gasteiger partial charge in [0.05, 0.1) is 15.6 Å². The van der Waals surface area contributed by atoms with E-state index in [1.165, 1.54) is 25.0 Å². The van der Waals surface area contributed by atoms with Crippen molar-refractivity contribution in [3.8, 4) is 0 Å². The highest BCUT2D eigenvalue weighted by atomic mass is 35.5. The summed E-state index contributed by atoms with van der Waals surface area (Å²) in [5, 5.41) is 8.82. The molecule has 0 bridgehead atoms. The third-order valence-electron chi connectivity index (χ3n) is 2.98. The zero-order valence-electron chi connectivity index (χ0n) is 9.48. The first-order valence-corrected chi connectivity index (χ1v) is 7.39. The van der Waals surface area contributed by atoms with Crippen LogP contribution in [0.1, 0.15) is 19.8 Å². The molecule has 94 valence electrons. The number of nitrogens with one attached hydrogen (secondary N) is 1. The molecule has 4 nitrogen and oxygen atoms in total. The van der Waals surface area contributed by atoms with Gasteiger partial charge >= 0.3 is 0 Å². The molecule has 1 aliphatic rings. The van der Waals surface area contributed by atoms with Crippen LogP contribution in [0.4, 0.5) is 5.69 Å². The van der Waals surface area contributed by atoms with E-state index in [4.69, 9.17) is 16.7 Å². The Labute approximate surface area is 106 Å². The second-order valence-electron chi connectivity index (χ2n) is 4.46. The second-order valence-corrected chi connectivity index (χ2v) is 6.43. The molecule has 1 aliphatic carbocycles. The average molecular weight is 275 g/mol. The van der Waals surface area contributed by atoms with Gasteiger partial charge in [0.1, 0.15) is 0 Å². The highest BCUT2D eigenvalue weighted by molar-refractivity contribution is 7.89. The fourth-order valence-corrected chi connectivity index (χ4v) is 2.46. The molecule has 0 aliphatic heterocycles. The van der Waals surface area contributed by atoms with Crippen molar-refractivity contribution < 1.29 is 8.42 Å². The maximum absolute atomic E-state index is 11.2. The van der Waals surface area contributed by atoms with E-state index in [9.17, 15) is 8.42 Å². The molecule has 3 N–H and O–H groups in total. The van der Waals surface area contributed by atoms with Gasteiger partial charge in [-0.2, -0.15) is 0 Å². The van der Waals surface area contributed by atoms with Crippen LogP contribution in [0.5, 0.6) is 0 Å². The Kier molecular flexibility index (Phi) is 3.34. The van der Waals surface area contributed by atoms with Gasteiger partial charge in [-0.25, -0.2) is 13.6 Å². The summed E-state index contributed by atoms with van der Waals surface area (Å²) < 4.78 is 22.5. The normalized spacial score (nSPS) is 17.8. The summed E-state index contributed by atoms with van der Waals surface area (Å²) in [5.41, 5.74) is 0.623. The molecule has 0 radical (unpaired) electrons. The van der Waals surface area contributed by atoms with Gasteiger partial charge in [-0.1, -0.05) is 11.6 Å². The molecule has 1 saturated carbocycles. The number of sulfonamides is 1. The van der Waals surface area contributed by atoms with Crippen molar-refractivity contribution >= 4 is 27.3 Å². The number of hydrogen-bond acceptors (Lipinski definition) is 3. The summed E-state index contributed by atoms with van der Waals surface area (Å²) in [6, 6.07) is 4.73. The predicted octanol–water partition coefficient (Wildman–Crippen LogP) is 2.20. The van der Waals surface area contributed by atoms with Crippen LogP contribution in [0.25, 0.3) is 0 Å². The lowest BCUT2D eigenvalue weighted by Crippen LogP contribution is -2.18. The number of halogens is 1. The van der Waals surface area contributed by atoms with Crippen LogP contribution >= 0.6 is 11.6 Å². The minimum Gasteiger partial charge on any atom is -0.381 e. The van der Waals surface area contributed by atoms with E-state index in [2.05, 4.69) is 12.2 Å². The van der Waals surface area contributed by atoms with Crippen LogP contribution in [0, 0.1) is 5.92 Å². The first-order chi connectivity index (χ1) is 7.88. The van der Waals surface area contributed by atoms with Crippen LogP contribution in [0.2, 0.25) is 5.02 Å². The average Bonchev–Trinajstić information content (AvgIpc) is 3.02. The molecule has 0 amide bonds. The summed E-state index contributed by atoms with van der Waals surface area (Å²) in [6.07, 6.45) is 2.42. The molecule has 0 heterocycles. The summed E-state index contributed by atoms with van der Waals surface area (Å²) in [4.78, 5) is 0.0763. The lowest BCUT2D eigenvalue weighted by Gasteiger charge is -2.16. The third kappa shape index (κ3) is 3.12. The van der Waals surface area contributed by atoms with E-state index >= 15 is 0 Å². The van der Waals surface area contributed by atoms with Crippen molar-refractivity contribution in [1.82, 2.24) is 0 Å². The topological polar surface area (TPSA) is 72.2 Å². The highest BCUT2D eigenvalue weighted by Crippen LogP contribution is 2.35. The van der Waals surface area contributed by atoms with Crippen molar-refractivity contribution in [1.29, 1.82) is 0 Å². The Bertz CT molecular complexity index is 526. The van der Waals surface area contributed by atoms with Gasteiger partial charge in [0.15, 0.2) is 0 Å². The Morgan fingerprint density at radius 3 is 2.65 bits per heavy atom. The van der Waals surface area contributed by atoms with Crippen molar-refractivity contribution in [3.63, 3.8) is 0 Å². The second kappa shape index (κ2) is 4.48. The van der Waals surface area contributed by atoms with E-state index in [1.54, 1.807) is 6.07 Å². The molecule has 1 atom stereocenters. The van der Waals surface area contributed by atoms with Crippen LogP contribution in [0.15, 0.2) is 23.1 Å². The number of primary sulfonamides is 1. The lowest BCUT2D eigenvalue weighted by atomic mass is 10.2. The fourth-order valence-electron chi connectivity index (χ4n) is 1.75. The van der Waals surface area contributed by atoms with Crippen LogP contribution in [0.3, 0.4) is 0 Å². The number of benzene rings is 1. The Balaban J connectivity index is 2.25. The number of nitrogens with two attached hydrogens (primary N) is 1. The minimum atomic E-state index is -3.68. The molecule has 6 heteroatoms.